The summed E-state index contributed by atoms with van der Waals surface area (Å²) >= 11 is 6.24. The van der Waals surface area contributed by atoms with Crippen LogP contribution in [0.25, 0.3) is 16.8 Å². The minimum atomic E-state index is -1.03. The molecule has 1 aliphatic rings. The quantitative estimate of drug-likeness (QED) is 0.166. The largest absolute Gasteiger partial charge is 0.507 e. The first-order valence-corrected chi connectivity index (χ1v) is 12.7. The molecule has 10 heteroatoms. The van der Waals surface area contributed by atoms with Crippen molar-refractivity contribution in [2.75, 3.05) is 25.2 Å². The summed E-state index contributed by atoms with van der Waals surface area (Å²) < 4.78 is 16.8. The first-order valence-electron chi connectivity index (χ1n) is 12.4. The lowest BCUT2D eigenvalue weighted by Gasteiger charge is -2.24. The van der Waals surface area contributed by atoms with E-state index in [1.165, 1.54) is 18.1 Å². The van der Waals surface area contributed by atoms with Crippen molar-refractivity contribution in [1.29, 1.82) is 0 Å². The van der Waals surface area contributed by atoms with Gasteiger partial charge in [-0.05, 0) is 61.9 Å². The topological polar surface area (TPSA) is 114 Å². The molecule has 1 aliphatic heterocycles. The fraction of sp³-hybridized carbons (Fsp3) is 0.207. The highest BCUT2D eigenvalue weighted by atomic mass is 35.5. The monoisotopic (exact) mass is 547 g/mol. The van der Waals surface area contributed by atoms with Crippen LogP contribution in [0.3, 0.4) is 0 Å². The van der Waals surface area contributed by atoms with Crippen LogP contribution in [0.5, 0.6) is 17.2 Å². The van der Waals surface area contributed by atoms with E-state index in [1.807, 2.05) is 25.1 Å². The third-order valence-corrected chi connectivity index (χ3v) is 6.67. The molecule has 9 nitrogen and oxygen atoms in total. The van der Waals surface area contributed by atoms with Gasteiger partial charge < -0.3 is 24.3 Å². The summed E-state index contributed by atoms with van der Waals surface area (Å²) in [5.74, 6) is -0.647. The number of ether oxygens (including phenoxy) is 3. The average molecular weight is 548 g/mol. The number of imidazole rings is 1. The second-order valence-electron chi connectivity index (χ2n) is 8.67. The zero-order chi connectivity index (χ0) is 27.7. The molecule has 0 spiro atoms. The summed E-state index contributed by atoms with van der Waals surface area (Å²) in [5.41, 5.74) is 1.99. The van der Waals surface area contributed by atoms with Crippen molar-refractivity contribution in [2.24, 2.45) is 0 Å². The van der Waals surface area contributed by atoms with Gasteiger partial charge >= 0.3 is 5.91 Å². The number of aliphatic hydroxyl groups excluding tert-OH is 1. The van der Waals surface area contributed by atoms with E-state index in [4.69, 9.17) is 25.8 Å². The number of nitrogens with zero attached hydrogens (tertiary/aromatic N) is 2. The van der Waals surface area contributed by atoms with Gasteiger partial charge in [-0.15, -0.1) is 0 Å². The third-order valence-electron chi connectivity index (χ3n) is 6.36. The second kappa shape index (κ2) is 10.7. The van der Waals surface area contributed by atoms with Crippen molar-refractivity contribution in [2.45, 2.75) is 19.9 Å². The Balaban J connectivity index is 1.74. The lowest BCUT2D eigenvalue weighted by molar-refractivity contribution is -0.132. The van der Waals surface area contributed by atoms with Crippen molar-refractivity contribution < 1.29 is 28.9 Å². The van der Waals surface area contributed by atoms with Crippen LogP contribution in [0.1, 0.15) is 31.0 Å². The molecule has 2 heterocycles. The van der Waals surface area contributed by atoms with Crippen molar-refractivity contribution in [3.63, 3.8) is 0 Å². The van der Waals surface area contributed by atoms with E-state index in [1.54, 1.807) is 43.3 Å². The number of hydrogen-bond donors (Lipinski definition) is 2. The number of fused-ring (bicyclic) bond motifs is 1. The normalized spacial score (nSPS) is 16.6. The van der Waals surface area contributed by atoms with E-state index in [0.29, 0.717) is 52.1 Å². The van der Waals surface area contributed by atoms with Gasteiger partial charge in [-0.3, -0.25) is 14.5 Å². The zero-order valence-electron chi connectivity index (χ0n) is 21.5. The van der Waals surface area contributed by atoms with Crippen molar-refractivity contribution in [3.8, 4) is 17.2 Å². The molecule has 4 aromatic rings. The van der Waals surface area contributed by atoms with Crippen LogP contribution < -0.4 is 19.1 Å². The fourth-order valence-electron chi connectivity index (χ4n) is 4.62. The Labute approximate surface area is 229 Å². The highest BCUT2D eigenvalue weighted by Crippen LogP contribution is 2.44. The second-order valence-corrected chi connectivity index (χ2v) is 9.08. The summed E-state index contributed by atoms with van der Waals surface area (Å²) in [6.07, 6.45) is 0. The molecule has 1 fully saturated rings. The van der Waals surface area contributed by atoms with E-state index >= 15 is 0 Å². The highest BCUT2D eigenvalue weighted by molar-refractivity contribution is 6.51. The lowest BCUT2D eigenvalue weighted by Crippen LogP contribution is -2.30. The Kier molecular flexibility index (Phi) is 7.17. The van der Waals surface area contributed by atoms with Gasteiger partial charge in [-0.2, -0.15) is 0 Å². The van der Waals surface area contributed by atoms with Gasteiger partial charge in [0.05, 0.1) is 48.0 Å². The molecular formula is C29H26ClN3O6. The number of aromatic amines is 1. The summed E-state index contributed by atoms with van der Waals surface area (Å²) in [5, 5.41) is 11.8. The number of carbonyl (C=O) groups excluding carboxylic acids is 2. The predicted molar refractivity (Wildman–Crippen MR) is 148 cm³/mol. The number of para-hydroxylation sites is 2. The van der Waals surface area contributed by atoms with E-state index in [0.717, 1.165) is 0 Å². The molecule has 200 valence electrons. The maximum absolute atomic E-state index is 13.6. The van der Waals surface area contributed by atoms with Gasteiger partial charge in [0, 0.05) is 5.56 Å². The first kappa shape index (κ1) is 26.1. The van der Waals surface area contributed by atoms with Crippen LogP contribution in [0.4, 0.5) is 5.95 Å². The van der Waals surface area contributed by atoms with Crippen LogP contribution in [0.2, 0.25) is 5.02 Å². The van der Waals surface area contributed by atoms with E-state index in [2.05, 4.69) is 9.97 Å². The molecule has 2 N–H and O–H groups in total. The average Bonchev–Trinajstić information content (AvgIpc) is 3.48. The number of rotatable bonds is 8. The van der Waals surface area contributed by atoms with Crippen LogP contribution >= 0.6 is 11.6 Å². The van der Waals surface area contributed by atoms with Gasteiger partial charge in [-0.1, -0.05) is 29.8 Å². The molecule has 1 saturated heterocycles. The van der Waals surface area contributed by atoms with Crippen LogP contribution in [0, 0.1) is 0 Å². The Morgan fingerprint density at radius 1 is 1.00 bits per heavy atom. The molecule has 0 bridgehead atoms. The summed E-state index contributed by atoms with van der Waals surface area (Å²) in [6, 6.07) is 16.0. The number of halogens is 1. The SMILES string of the molecule is CCOc1cc(/C(O)=C2\C(=O)C(=O)N(c3nc4ccccc4[nH]3)C2c2ccc(OC)c(OCC)c2)ccc1Cl. The number of aromatic nitrogens is 2. The summed E-state index contributed by atoms with van der Waals surface area (Å²) in [4.78, 5) is 36.0. The summed E-state index contributed by atoms with van der Waals surface area (Å²) in [7, 11) is 1.52. The molecule has 1 atom stereocenters. The number of anilines is 1. The number of carbonyl (C=O) groups is 2. The smallest absolute Gasteiger partial charge is 0.302 e. The number of aliphatic hydroxyl groups is 1. The molecule has 1 aromatic heterocycles. The maximum Gasteiger partial charge on any atom is 0.302 e. The van der Waals surface area contributed by atoms with Crippen molar-refractivity contribution in [1.82, 2.24) is 9.97 Å². The molecule has 5 rings (SSSR count). The lowest BCUT2D eigenvalue weighted by atomic mass is 9.95. The van der Waals surface area contributed by atoms with Crippen molar-refractivity contribution >= 4 is 46.0 Å². The van der Waals surface area contributed by atoms with E-state index < -0.39 is 17.7 Å². The van der Waals surface area contributed by atoms with E-state index in [-0.39, 0.29) is 22.8 Å². The maximum atomic E-state index is 13.6. The fourth-order valence-corrected chi connectivity index (χ4v) is 4.80. The molecule has 1 amide bonds. The number of Topliss-reactive ketones (excluding diaryl/α,β-unsaturated/α-hetero) is 1. The van der Waals surface area contributed by atoms with Crippen molar-refractivity contribution in [3.05, 3.63) is 82.4 Å². The molecule has 1 unspecified atom stereocenters. The summed E-state index contributed by atoms with van der Waals surface area (Å²) in [6.45, 7) is 4.37. The Morgan fingerprint density at radius 2 is 1.74 bits per heavy atom. The zero-order valence-corrected chi connectivity index (χ0v) is 22.3. The molecule has 0 saturated carbocycles. The van der Waals surface area contributed by atoms with Gasteiger partial charge in [-0.25, -0.2) is 4.98 Å². The Bertz CT molecular complexity index is 1580. The van der Waals surface area contributed by atoms with Gasteiger partial charge in [0.25, 0.3) is 5.78 Å². The molecule has 3 aromatic carbocycles. The first-order chi connectivity index (χ1) is 18.9. The number of H-pyrrole nitrogens is 1. The van der Waals surface area contributed by atoms with Crippen LogP contribution in [-0.4, -0.2) is 47.1 Å². The number of methoxy groups -OCH3 is 1. The third kappa shape index (κ3) is 4.66. The minimum absolute atomic E-state index is 0.113. The Hall–Kier alpha value is -4.50. The predicted octanol–water partition coefficient (Wildman–Crippen LogP) is 5.65. The molecule has 0 radical (unpaired) electrons. The molecular weight excluding hydrogens is 522 g/mol. The van der Waals surface area contributed by atoms with Gasteiger partial charge in [0.2, 0.25) is 5.95 Å². The molecule has 0 aliphatic carbocycles. The van der Waals surface area contributed by atoms with Gasteiger partial charge in [0.1, 0.15) is 11.5 Å². The number of nitrogens with one attached hydrogen (secondary N) is 1. The Morgan fingerprint density at radius 3 is 2.46 bits per heavy atom. The number of ketones is 1. The van der Waals surface area contributed by atoms with Crippen LogP contribution in [0.15, 0.2) is 66.2 Å². The molecule has 39 heavy (non-hydrogen) atoms. The van der Waals surface area contributed by atoms with E-state index in [9.17, 15) is 14.7 Å². The number of benzene rings is 3. The standard InChI is InChI=1S/C29H26ClN3O6/c1-4-38-22-15-17(10-12-18(22)30)26(34)24-25(16-11-13-21(37-3)23(14-16)39-5-2)33(28(36)27(24)35)29-31-19-8-6-7-9-20(19)32-29/h6-15,25,34H,4-5H2,1-3H3,(H,31,32)/b26-24+. The number of amides is 1. The highest BCUT2D eigenvalue weighted by Gasteiger charge is 2.48. The van der Waals surface area contributed by atoms with Gasteiger partial charge in [0.15, 0.2) is 11.5 Å². The minimum Gasteiger partial charge on any atom is -0.507 e. The number of hydrogen-bond acceptors (Lipinski definition) is 7. The van der Waals surface area contributed by atoms with Crippen LogP contribution in [-0.2, 0) is 9.59 Å².